The highest BCUT2D eigenvalue weighted by atomic mass is 19.4. The molecule has 0 bridgehead atoms. The predicted molar refractivity (Wildman–Crippen MR) is 58.6 cm³/mol. The molecule has 1 unspecified atom stereocenters. The number of halogens is 3. The Morgan fingerprint density at radius 1 is 1.33 bits per heavy atom. The van der Waals surface area contributed by atoms with Crippen LogP contribution in [0.15, 0.2) is 0 Å². The molecule has 1 aliphatic rings. The van der Waals surface area contributed by atoms with Crippen LogP contribution in [-0.4, -0.2) is 38.8 Å². The second-order valence-electron chi connectivity index (χ2n) is 4.49. The molecule has 8 heteroatoms. The summed E-state index contributed by atoms with van der Waals surface area (Å²) < 4.78 is 39.1. The molecule has 0 fully saturated rings. The zero-order chi connectivity index (χ0) is 13.3. The summed E-state index contributed by atoms with van der Waals surface area (Å²) in [7, 11) is 0. The number of hydrogen-bond acceptors (Lipinski definition) is 4. The summed E-state index contributed by atoms with van der Waals surface area (Å²) in [4.78, 5) is 2.08. The van der Waals surface area contributed by atoms with Crippen molar-refractivity contribution in [2.45, 2.75) is 38.7 Å². The van der Waals surface area contributed by atoms with Gasteiger partial charge >= 0.3 is 6.18 Å². The lowest BCUT2D eigenvalue weighted by molar-refractivity contribution is -0.148. The van der Waals surface area contributed by atoms with E-state index in [0.29, 0.717) is 25.5 Å². The fourth-order valence-electron chi connectivity index (χ4n) is 2.19. The number of hydrogen-bond donors (Lipinski definition) is 1. The van der Waals surface area contributed by atoms with Gasteiger partial charge in [0.05, 0.1) is 6.54 Å². The quantitative estimate of drug-likeness (QED) is 0.878. The van der Waals surface area contributed by atoms with Gasteiger partial charge in [-0.3, -0.25) is 4.90 Å². The van der Waals surface area contributed by atoms with E-state index in [1.54, 1.807) is 0 Å². The van der Waals surface area contributed by atoms with E-state index >= 15 is 0 Å². The van der Waals surface area contributed by atoms with Crippen molar-refractivity contribution in [2.75, 3.05) is 13.1 Å². The summed E-state index contributed by atoms with van der Waals surface area (Å²) >= 11 is 0. The Morgan fingerprint density at radius 3 is 2.67 bits per heavy atom. The Bertz CT molecular complexity index is 414. The molecule has 1 aromatic rings. The molecule has 2 N–H and O–H groups in total. The second kappa shape index (κ2) is 4.85. The maximum absolute atomic E-state index is 12.6. The van der Waals surface area contributed by atoms with E-state index in [1.165, 1.54) is 0 Å². The molecule has 102 valence electrons. The zero-order valence-electron chi connectivity index (χ0n) is 10.1. The van der Waals surface area contributed by atoms with E-state index in [1.807, 2.05) is 6.92 Å². The second-order valence-corrected chi connectivity index (χ2v) is 4.49. The summed E-state index contributed by atoms with van der Waals surface area (Å²) in [6.45, 7) is 3.81. The normalized spacial score (nSPS) is 18.7. The third-order valence-corrected chi connectivity index (χ3v) is 3.24. The minimum Gasteiger partial charge on any atom is -0.330 e. The molecule has 0 spiro atoms. The van der Waals surface area contributed by atoms with Crippen molar-refractivity contribution in [2.24, 2.45) is 5.73 Å². The topological polar surface area (TPSA) is 60.0 Å². The minimum absolute atomic E-state index is 0.245. The monoisotopic (exact) mass is 263 g/mol. The van der Waals surface area contributed by atoms with Crippen LogP contribution in [0.4, 0.5) is 13.2 Å². The van der Waals surface area contributed by atoms with E-state index in [4.69, 9.17) is 5.73 Å². The first kappa shape index (κ1) is 13.3. The molecular formula is C10H16F3N5. The van der Waals surface area contributed by atoms with Gasteiger partial charge < -0.3 is 10.3 Å². The Labute approximate surface area is 103 Å². The average molecular weight is 263 g/mol. The first-order valence-electron chi connectivity index (χ1n) is 5.87. The zero-order valence-corrected chi connectivity index (χ0v) is 10.1. The molecule has 0 aliphatic carbocycles. The van der Waals surface area contributed by atoms with Crippen molar-refractivity contribution < 1.29 is 13.2 Å². The van der Waals surface area contributed by atoms with Crippen LogP contribution >= 0.6 is 0 Å². The highest BCUT2D eigenvalue weighted by Crippen LogP contribution is 2.29. The maximum atomic E-state index is 12.6. The largest absolute Gasteiger partial charge is 0.451 e. The Kier molecular flexibility index (Phi) is 3.58. The van der Waals surface area contributed by atoms with Gasteiger partial charge in [-0.25, -0.2) is 0 Å². The molecule has 0 amide bonds. The number of alkyl halides is 3. The van der Waals surface area contributed by atoms with Crippen molar-refractivity contribution >= 4 is 0 Å². The summed E-state index contributed by atoms with van der Waals surface area (Å²) in [5.41, 5.74) is 5.48. The molecule has 1 atom stereocenters. The average Bonchev–Trinajstić information content (AvgIpc) is 2.71. The summed E-state index contributed by atoms with van der Waals surface area (Å²) in [5.74, 6) is -0.527. The first-order chi connectivity index (χ1) is 8.43. The number of fused-ring (bicyclic) bond motifs is 1. The van der Waals surface area contributed by atoms with E-state index in [9.17, 15) is 13.2 Å². The van der Waals surface area contributed by atoms with Crippen LogP contribution in [0.5, 0.6) is 0 Å². The SMILES string of the molecule is CC(CCN)N1CCn2c(nnc2C(F)(F)F)C1. The minimum atomic E-state index is -4.43. The summed E-state index contributed by atoms with van der Waals surface area (Å²) in [6.07, 6.45) is -3.61. The van der Waals surface area contributed by atoms with Gasteiger partial charge in [0, 0.05) is 19.1 Å². The molecular weight excluding hydrogens is 247 g/mol. The van der Waals surface area contributed by atoms with E-state index in [0.717, 1.165) is 11.0 Å². The van der Waals surface area contributed by atoms with E-state index < -0.39 is 12.0 Å². The molecule has 1 aromatic heterocycles. The lowest BCUT2D eigenvalue weighted by atomic mass is 10.2. The van der Waals surface area contributed by atoms with Crippen LogP contribution in [0.3, 0.4) is 0 Å². The van der Waals surface area contributed by atoms with Crippen LogP contribution in [0.2, 0.25) is 0 Å². The Morgan fingerprint density at radius 2 is 2.06 bits per heavy atom. The van der Waals surface area contributed by atoms with Crippen LogP contribution in [0.25, 0.3) is 0 Å². The van der Waals surface area contributed by atoms with Gasteiger partial charge in [0.15, 0.2) is 0 Å². The van der Waals surface area contributed by atoms with Crippen molar-refractivity contribution in [1.82, 2.24) is 19.7 Å². The van der Waals surface area contributed by atoms with Gasteiger partial charge in [-0.15, -0.1) is 10.2 Å². The van der Waals surface area contributed by atoms with Crippen LogP contribution in [-0.2, 0) is 19.3 Å². The standard InChI is InChI=1S/C10H16F3N5/c1-7(2-3-14)17-4-5-18-8(6-17)15-16-9(18)10(11,12)13/h7H,2-6,14H2,1H3. The molecule has 0 saturated heterocycles. The third-order valence-electron chi connectivity index (χ3n) is 3.24. The van der Waals surface area contributed by atoms with Gasteiger partial charge in [0.2, 0.25) is 5.82 Å². The van der Waals surface area contributed by atoms with Crippen molar-refractivity contribution in [3.05, 3.63) is 11.6 Å². The van der Waals surface area contributed by atoms with E-state index in [2.05, 4.69) is 15.1 Å². The van der Waals surface area contributed by atoms with Crippen LogP contribution in [0, 0.1) is 0 Å². The lowest BCUT2D eigenvalue weighted by Crippen LogP contribution is -2.41. The number of nitrogens with two attached hydrogens (primary N) is 1. The third kappa shape index (κ3) is 2.49. The first-order valence-corrected chi connectivity index (χ1v) is 5.87. The fourth-order valence-corrected chi connectivity index (χ4v) is 2.19. The van der Waals surface area contributed by atoms with Crippen LogP contribution < -0.4 is 5.73 Å². The summed E-state index contributed by atoms with van der Waals surface area (Å²) in [6, 6.07) is 0.245. The van der Waals surface area contributed by atoms with E-state index in [-0.39, 0.29) is 12.6 Å². The molecule has 0 aromatic carbocycles. The number of rotatable bonds is 3. The number of aromatic nitrogens is 3. The molecule has 18 heavy (non-hydrogen) atoms. The lowest BCUT2D eigenvalue weighted by Gasteiger charge is -2.32. The molecule has 0 radical (unpaired) electrons. The van der Waals surface area contributed by atoms with Gasteiger partial charge in [-0.1, -0.05) is 0 Å². The Balaban J connectivity index is 2.15. The summed E-state index contributed by atoms with van der Waals surface area (Å²) in [5, 5.41) is 6.88. The van der Waals surface area contributed by atoms with Gasteiger partial charge in [-0.2, -0.15) is 13.2 Å². The molecule has 5 nitrogen and oxygen atoms in total. The van der Waals surface area contributed by atoms with Crippen molar-refractivity contribution in [3.63, 3.8) is 0 Å². The molecule has 1 aliphatic heterocycles. The van der Waals surface area contributed by atoms with Crippen molar-refractivity contribution in [3.8, 4) is 0 Å². The highest BCUT2D eigenvalue weighted by Gasteiger charge is 2.39. The van der Waals surface area contributed by atoms with Crippen molar-refractivity contribution in [1.29, 1.82) is 0 Å². The number of nitrogens with zero attached hydrogens (tertiary/aromatic N) is 4. The van der Waals surface area contributed by atoms with Gasteiger partial charge in [-0.05, 0) is 19.9 Å². The maximum Gasteiger partial charge on any atom is 0.451 e. The smallest absolute Gasteiger partial charge is 0.330 e. The fraction of sp³-hybridized carbons (Fsp3) is 0.800. The molecule has 0 saturated carbocycles. The molecule has 2 heterocycles. The van der Waals surface area contributed by atoms with Crippen LogP contribution in [0.1, 0.15) is 25.0 Å². The predicted octanol–water partition coefficient (Wildman–Crippen LogP) is 0.850. The molecule has 2 rings (SSSR count). The van der Waals surface area contributed by atoms with Gasteiger partial charge in [0.1, 0.15) is 5.82 Å². The highest BCUT2D eigenvalue weighted by molar-refractivity contribution is 5.02. The Hall–Kier alpha value is -1.15. The van der Waals surface area contributed by atoms with Gasteiger partial charge in [0.25, 0.3) is 0 Å².